The molecule has 3 aromatic rings. The summed E-state index contributed by atoms with van der Waals surface area (Å²) in [6, 6.07) is 16.8. The number of hydrogen-bond acceptors (Lipinski definition) is 6. The van der Waals surface area contributed by atoms with E-state index in [-0.39, 0.29) is 16.5 Å². The number of thiophene rings is 1. The lowest BCUT2D eigenvalue weighted by atomic mass is 10.0. The first-order valence-corrected chi connectivity index (χ1v) is 13.7. The molecule has 8 nitrogen and oxygen atoms in total. The Labute approximate surface area is 218 Å². The van der Waals surface area contributed by atoms with E-state index in [0.29, 0.717) is 34.2 Å². The lowest BCUT2D eigenvalue weighted by Gasteiger charge is -2.18. The van der Waals surface area contributed by atoms with Gasteiger partial charge in [-0.2, -0.15) is 4.72 Å². The molecule has 2 unspecified atom stereocenters. The molecule has 1 heterocycles. The Kier molecular flexibility index (Phi) is 7.53. The smallest absolute Gasteiger partial charge is 0.325 e. The summed E-state index contributed by atoms with van der Waals surface area (Å²) in [7, 11) is -0.913. The molecule has 1 aliphatic carbocycles. The number of amides is 1. The molecule has 1 aliphatic rings. The Morgan fingerprint density at radius 2 is 1.92 bits per heavy atom. The molecule has 0 spiro atoms. The Morgan fingerprint density at radius 3 is 2.58 bits per heavy atom. The van der Waals surface area contributed by atoms with Crippen LogP contribution in [-0.2, 0) is 19.6 Å². The quantitative estimate of drug-likeness (QED) is 0.395. The van der Waals surface area contributed by atoms with Crippen LogP contribution in [0.3, 0.4) is 0 Å². The van der Waals surface area contributed by atoms with Crippen molar-refractivity contribution in [2.24, 2.45) is 0 Å². The van der Waals surface area contributed by atoms with Gasteiger partial charge in [0.15, 0.2) is 0 Å². The van der Waals surface area contributed by atoms with Gasteiger partial charge in [0.1, 0.15) is 9.75 Å². The molecule has 0 bridgehead atoms. The Balaban J connectivity index is 1.55. The third-order valence-electron chi connectivity index (χ3n) is 6.15. The summed E-state index contributed by atoms with van der Waals surface area (Å²) in [5, 5.41) is 10.6. The van der Waals surface area contributed by atoms with Crippen LogP contribution < -0.4 is 4.72 Å². The predicted molar refractivity (Wildman–Crippen MR) is 138 cm³/mol. The molecule has 36 heavy (non-hydrogen) atoms. The zero-order chi connectivity index (χ0) is 26.1. The number of benzene rings is 2. The zero-order valence-corrected chi connectivity index (χ0v) is 22.0. The Morgan fingerprint density at radius 1 is 1.19 bits per heavy atom. The number of sulfonamides is 1. The maximum atomic E-state index is 13.2. The van der Waals surface area contributed by atoms with E-state index in [1.54, 1.807) is 68.8 Å². The summed E-state index contributed by atoms with van der Waals surface area (Å²) >= 11 is 6.97. The number of carboxylic acids is 1. The van der Waals surface area contributed by atoms with Gasteiger partial charge in [-0.05, 0) is 53.9 Å². The fourth-order valence-corrected chi connectivity index (χ4v) is 6.86. The molecule has 11 heteroatoms. The largest absolute Gasteiger partial charge is 0.480 e. The number of carboxylic acid groups (broad SMARTS) is 1. The van der Waals surface area contributed by atoms with Gasteiger partial charge in [-0.15, -0.1) is 11.3 Å². The number of carbonyl (C=O) groups excluding carboxylic acids is 1. The van der Waals surface area contributed by atoms with Crippen molar-refractivity contribution in [2.45, 2.75) is 22.1 Å². The van der Waals surface area contributed by atoms with Gasteiger partial charge in [-0.1, -0.05) is 35.9 Å². The fourth-order valence-electron chi connectivity index (χ4n) is 4.02. The molecule has 4 rings (SSSR count). The summed E-state index contributed by atoms with van der Waals surface area (Å²) in [4.78, 5) is 27.2. The number of nitrogens with one attached hydrogen (secondary N) is 1. The third-order valence-corrected chi connectivity index (χ3v) is 9.54. The van der Waals surface area contributed by atoms with Crippen LogP contribution >= 0.6 is 22.9 Å². The summed E-state index contributed by atoms with van der Waals surface area (Å²) < 4.78 is 33.8. The normalized spacial score (nSPS) is 19.1. The van der Waals surface area contributed by atoms with E-state index in [9.17, 15) is 23.1 Å². The maximum Gasteiger partial charge on any atom is 0.325 e. The van der Waals surface area contributed by atoms with Crippen molar-refractivity contribution in [1.82, 2.24) is 9.62 Å². The SMILES string of the molecule is COCCN(C)C(=O)c1cccc(C2CC2(NS(=O)(=O)c2ccc(-c3ccc(Cl)cc3)s2)C(=O)O)c1. The molecule has 1 amide bonds. The molecule has 2 N–H and O–H groups in total. The standard InChI is InChI=1S/C25H25ClN2O6S2/c1-28(12-13-34-2)23(29)18-5-3-4-17(14-18)20-15-25(20,24(30)31)27-36(32,33)22-11-10-21(35-22)16-6-8-19(26)9-7-16/h3-11,14,20,27H,12-13,15H2,1-2H3,(H,30,31). The summed E-state index contributed by atoms with van der Waals surface area (Å²) in [5.74, 6) is -2.11. The number of likely N-dealkylation sites (N-methyl/N-ethyl adjacent to an activating group) is 1. The minimum atomic E-state index is -4.11. The molecular weight excluding hydrogens is 524 g/mol. The van der Waals surface area contributed by atoms with E-state index < -0.39 is 27.4 Å². The van der Waals surface area contributed by atoms with Crippen molar-refractivity contribution in [3.63, 3.8) is 0 Å². The van der Waals surface area contributed by atoms with Gasteiger partial charge < -0.3 is 14.7 Å². The van der Waals surface area contributed by atoms with Crippen molar-refractivity contribution >= 4 is 44.8 Å². The van der Waals surface area contributed by atoms with Crippen LogP contribution in [0.25, 0.3) is 10.4 Å². The van der Waals surface area contributed by atoms with Crippen molar-refractivity contribution in [3.05, 3.63) is 76.8 Å². The molecular formula is C25H25ClN2O6S2. The first kappa shape index (κ1) is 26.3. The minimum Gasteiger partial charge on any atom is -0.480 e. The Hall–Kier alpha value is -2.76. The van der Waals surface area contributed by atoms with Gasteiger partial charge in [-0.3, -0.25) is 9.59 Å². The van der Waals surface area contributed by atoms with Crippen molar-refractivity contribution in [2.75, 3.05) is 27.3 Å². The lowest BCUT2D eigenvalue weighted by Crippen LogP contribution is -2.44. The van der Waals surface area contributed by atoms with Crippen LogP contribution in [0.5, 0.6) is 0 Å². The van der Waals surface area contributed by atoms with Gasteiger partial charge in [0, 0.05) is 42.1 Å². The molecule has 190 valence electrons. The van der Waals surface area contributed by atoms with E-state index in [1.807, 2.05) is 0 Å². The zero-order valence-electron chi connectivity index (χ0n) is 19.6. The first-order chi connectivity index (χ1) is 17.1. The van der Waals surface area contributed by atoms with Crippen LogP contribution in [-0.4, -0.2) is 63.1 Å². The van der Waals surface area contributed by atoms with E-state index in [1.165, 1.54) is 11.0 Å². The van der Waals surface area contributed by atoms with Crippen molar-refractivity contribution in [3.8, 4) is 10.4 Å². The number of ether oxygens (including phenoxy) is 1. The van der Waals surface area contributed by atoms with E-state index >= 15 is 0 Å². The van der Waals surface area contributed by atoms with Crippen molar-refractivity contribution in [1.29, 1.82) is 0 Å². The number of rotatable bonds is 10. The molecule has 1 saturated carbocycles. The highest BCUT2D eigenvalue weighted by Gasteiger charge is 2.63. The second-order valence-corrected chi connectivity index (χ2v) is 12.0. The topological polar surface area (TPSA) is 113 Å². The van der Waals surface area contributed by atoms with E-state index in [4.69, 9.17) is 16.3 Å². The lowest BCUT2D eigenvalue weighted by molar-refractivity contribution is -0.140. The number of nitrogens with zero attached hydrogens (tertiary/aromatic N) is 1. The number of hydrogen-bond donors (Lipinski definition) is 2. The van der Waals surface area contributed by atoms with Crippen LogP contribution in [0.2, 0.25) is 5.02 Å². The summed E-state index contributed by atoms with van der Waals surface area (Å²) in [6.07, 6.45) is 0.0775. The second-order valence-electron chi connectivity index (χ2n) is 8.61. The van der Waals surface area contributed by atoms with E-state index in [2.05, 4.69) is 4.72 Å². The number of carbonyl (C=O) groups is 2. The molecule has 2 atom stereocenters. The van der Waals surface area contributed by atoms with E-state index in [0.717, 1.165) is 16.9 Å². The maximum absolute atomic E-state index is 13.2. The number of halogens is 1. The molecule has 1 aromatic heterocycles. The molecule has 1 fully saturated rings. The number of methoxy groups -OCH3 is 1. The molecule has 0 saturated heterocycles. The molecule has 2 aromatic carbocycles. The average molecular weight is 549 g/mol. The molecule has 0 radical (unpaired) electrons. The monoisotopic (exact) mass is 548 g/mol. The average Bonchev–Trinajstić information content (AvgIpc) is 3.35. The van der Waals surface area contributed by atoms with Crippen molar-refractivity contribution < 1.29 is 27.9 Å². The predicted octanol–water partition coefficient (Wildman–Crippen LogP) is 4.08. The summed E-state index contributed by atoms with van der Waals surface area (Å²) in [6.45, 7) is 0.789. The van der Waals surface area contributed by atoms with Gasteiger partial charge in [0.05, 0.1) is 6.61 Å². The van der Waals surface area contributed by atoms with Crippen LogP contribution in [0.4, 0.5) is 0 Å². The third kappa shape index (κ3) is 5.33. The second kappa shape index (κ2) is 10.3. The molecule has 0 aliphatic heterocycles. The summed E-state index contributed by atoms with van der Waals surface area (Å²) in [5.41, 5.74) is 0.0950. The number of aliphatic carboxylic acids is 1. The first-order valence-electron chi connectivity index (χ1n) is 11.0. The van der Waals surface area contributed by atoms with Gasteiger partial charge in [0.25, 0.3) is 15.9 Å². The van der Waals surface area contributed by atoms with Crippen LogP contribution in [0.1, 0.15) is 28.3 Å². The Bertz CT molecular complexity index is 1390. The highest BCUT2D eigenvalue weighted by molar-refractivity contribution is 7.91. The van der Waals surface area contributed by atoms with Gasteiger partial charge in [0.2, 0.25) is 0 Å². The highest BCUT2D eigenvalue weighted by atomic mass is 35.5. The highest BCUT2D eigenvalue weighted by Crippen LogP contribution is 2.52. The van der Waals surface area contributed by atoms with Crippen LogP contribution in [0.15, 0.2) is 64.9 Å². The fraction of sp³-hybridized carbons (Fsp3) is 0.280. The van der Waals surface area contributed by atoms with Gasteiger partial charge in [-0.25, -0.2) is 8.42 Å². The van der Waals surface area contributed by atoms with Gasteiger partial charge >= 0.3 is 5.97 Å². The minimum absolute atomic E-state index is 0.0161. The van der Waals surface area contributed by atoms with Crippen LogP contribution in [0, 0.1) is 0 Å².